The summed E-state index contributed by atoms with van der Waals surface area (Å²) in [6.07, 6.45) is -4.43. The van der Waals surface area contributed by atoms with Crippen LogP contribution in [0.15, 0.2) is 24.3 Å². The third-order valence-corrected chi connectivity index (χ3v) is 4.66. The summed E-state index contributed by atoms with van der Waals surface area (Å²) in [5.41, 5.74) is 5.31. The Morgan fingerprint density at radius 3 is 2.15 bits per heavy atom. The summed E-state index contributed by atoms with van der Waals surface area (Å²) >= 11 is 0. The topological polar surface area (TPSA) is 66.6 Å². The van der Waals surface area contributed by atoms with Gasteiger partial charge in [-0.2, -0.15) is 13.2 Å². The van der Waals surface area contributed by atoms with Crippen LogP contribution >= 0.6 is 12.4 Å². The summed E-state index contributed by atoms with van der Waals surface area (Å²) in [6, 6.07) is 3.34. The van der Waals surface area contributed by atoms with Gasteiger partial charge in [0.25, 0.3) is 5.91 Å². The van der Waals surface area contributed by atoms with Crippen LogP contribution in [0.3, 0.4) is 0 Å². The molecule has 2 amide bonds. The minimum atomic E-state index is -4.43. The number of hydrogen-bond donors (Lipinski definition) is 1. The maximum absolute atomic E-state index is 12.6. The molecule has 2 atom stereocenters. The Morgan fingerprint density at radius 1 is 1.15 bits per heavy atom. The van der Waals surface area contributed by atoms with Gasteiger partial charge in [0.1, 0.15) is 0 Å². The van der Waals surface area contributed by atoms with Crippen LogP contribution in [0, 0.1) is 5.92 Å². The molecular formula is C18H25ClF3N3O2. The number of halogens is 4. The highest BCUT2D eigenvalue weighted by atomic mass is 35.5. The summed E-state index contributed by atoms with van der Waals surface area (Å²) in [5, 5.41) is 0. The van der Waals surface area contributed by atoms with Gasteiger partial charge >= 0.3 is 6.18 Å². The van der Waals surface area contributed by atoms with Gasteiger partial charge in [-0.3, -0.25) is 9.59 Å². The van der Waals surface area contributed by atoms with Gasteiger partial charge < -0.3 is 15.5 Å². The number of nitrogens with two attached hydrogens (primary N) is 1. The number of hydrogen-bond acceptors (Lipinski definition) is 3. The Kier molecular flexibility index (Phi) is 7.68. The molecule has 1 fully saturated rings. The van der Waals surface area contributed by atoms with Crippen LogP contribution in [-0.4, -0.2) is 53.3 Å². The zero-order valence-electron chi connectivity index (χ0n) is 15.5. The maximum atomic E-state index is 12.6. The Hall–Kier alpha value is -1.80. The van der Waals surface area contributed by atoms with Crippen molar-refractivity contribution in [1.29, 1.82) is 0 Å². The van der Waals surface area contributed by atoms with E-state index >= 15 is 0 Å². The van der Waals surface area contributed by atoms with Crippen molar-refractivity contribution < 1.29 is 22.8 Å². The van der Waals surface area contributed by atoms with Crippen molar-refractivity contribution in [3.05, 3.63) is 35.4 Å². The highest BCUT2D eigenvalue weighted by Gasteiger charge is 2.34. The van der Waals surface area contributed by atoms with Gasteiger partial charge in [-0.15, -0.1) is 12.4 Å². The second kappa shape index (κ2) is 8.93. The smallest absolute Gasteiger partial charge is 0.338 e. The Morgan fingerprint density at radius 2 is 1.70 bits per heavy atom. The van der Waals surface area contributed by atoms with Crippen molar-refractivity contribution in [3.63, 3.8) is 0 Å². The molecule has 0 unspecified atom stereocenters. The van der Waals surface area contributed by atoms with E-state index < -0.39 is 17.8 Å². The SMILES string of the molecule is CC(C)[C@H](N)C(=O)N1CCN(C(=O)c2ccc(C(F)(F)F)cc2)[C@H](C)C1.Cl. The van der Waals surface area contributed by atoms with E-state index in [1.807, 2.05) is 20.8 Å². The summed E-state index contributed by atoms with van der Waals surface area (Å²) < 4.78 is 37.9. The molecule has 0 radical (unpaired) electrons. The van der Waals surface area contributed by atoms with E-state index in [0.717, 1.165) is 12.1 Å². The van der Waals surface area contributed by atoms with Gasteiger partial charge in [0.15, 0.2) is 0 Å². The van der Waals surface area contributed by atoms with Crippen molar-refractivity contribution >= 4 is 24.2 Å². The summed E-state index contributed by atoms with van der Waals surface area (Å²) in [7, 11) is 0. The molecule has 2 N–H and O–H groups in total. The average molecular weight is 408 g/mol. The second-order valence-corrected chi connectivity index (χ2v) is 6.98. The van der Waals surface area contributed by atoms with E-state index in [9.17, 15) is 22.8 Å². The fourth-order valence-electron chi connectivity index (χ4n) is 2.92. The van der Waals surface area contributed by atoms with Crippen molar-refractivity contribution in [1.82, 2.24) is 9.80 Å². The quantitative estimate of drug-likeness (QED) is 0.837. The molecule has 27 heavy (non-hydrogen) atoms. The monoisotopic (exact) mass is 407 g/mol. The molecular weight excluding hydrogens is 383 g/mol. The number of alkyl halides is 3. The molecule has 0 spiro atoms. The number of carbonyl (C=O) groups excluding carboxylic acids is 2. The fraction of sp³-hybridized carbons (Fsp3) is 0.556. The molecule has 0 aliphatic carbocycles. The Bertz CT molecular complexity index is 665. The summed E-state index contributed by atoms with van der Waals surface area (Å²) in [4.78, 5) is 28.2. The number of benzene rings is 1. The predicted octanol–water partition coefficient (Wildman–Crippen LogP) is 2.78. The first kappa shape index (κ1) is 23.2. The lowest BCUT2D eigenvalue weighted by Crippen LogP contribution is -2.58. The zero-order valence-corrected chi connectivity index (χ0v) is 16.3. The van der Waals surface area contributed by atoms with Crippen LogP contribution < -0.4 is 5.73 Å². The van der Waals surface area contributed by atoms with Crippen LogP contribution in [0.4, 0.5) is 13.2 Å². The number of nitrogens with zero attached hydrogens (tertiary/aromatic N) is 2. The third-order valence-electron chi connectivity index (χ3n) is 4.66. The first-order chi connectivity index (χ1) is 12.0. The summed E-state index contributed by atoms with van der Waals surface area (Å²) in [6.45, 7) is 6.58. The van der Waals surface area contributed by atoms with E-state index in [1.165, 1.54) is 12.1 Å². The molecule has 9 heteroatoms. The first-order valence-corrected chi connectivity index (χ1v) is 8.55. The molecule has 1 saturated heterocycles. The average Bonchev–Trinajstić information content (AvgIpc) is 2.59. The molecule has 1 aliphatic rings. The van der Waals surface area contributed by atoms with Gasteiger partial charge in [0, 0.05) is 31.2 Å². The highest BCUT2D eigenvalue weighted by molar-refractivity contribution is 5.94. The second-order valence-electron chi connectivity index (χ2n) is 6.98. The largest absolute Gasteiger partial charge is 0.416 e. The maximum Gasteiger partial charge on any atom is 0.416 e. The van der Waals surface area contributed by atoms with Crippen LogP contribution in [0.5, 0.6) is 0 Å². The fourth-order valence-corrected chi connectivity index (χ4v) is 2.92. The molecule has 1 aromatic rings. The first-order valence-electron chi connectivity index (χ1n) is 8.55. The number of carbonyl (C=O) groups is 2. The van der Waals surface area contributed by atoms with E-state index in [0.29, 0.717) is 19.6 Å². The number of piperazine rings is 1. The minimum absolute atomic E-state index is 0. The molecule has 1 aliphatic heterocycles. The van der Waals surface area contributed by atoms with E-state index in [4.69, 9.17) is 5.73 Å². The van der Waals surface area contributed by atoms with Crippen LogP contribution in [0.25, 0.3) is 0 Å². The standard InChI is InChI=1S/C18H24F3N3O2.ClH/c1-11(2)15(22)17(26)23-8-9-24(12(3)10-23)16(25)13-4-6-14(7-5-13)18(19,20)21;/h4-7,11-12,15H,8-10,22H2,1-3H3;1H/t12-,15+;/m1./s1. The van der Waals surface area contributed by atoms with E-state index in [-0.39, 0.29) is 41.7 Å². The van der Waals surface area contributed by atoms with Crippen LogP contribution in [0.2, 0.25) is 0 Å². The lowest BCUT2D eigenvalue weighted by Gasteiger charge is -2.41. The zero-order chi connectivity index (χ0) is 19.6. The number of rotatable bonds is 3. The van der Waals surface area contributed by atoms with Crippen molar-refractivity contribution in [2.45, 2.75) is 39.0 Å². The van der Waals surface area contributed by atoms with Gasteiger partial charge in [0.05, 0.1) is 11.6 Å². The van der Waals surface area contributed by atoms with Gasteiger partial charge in [-0.25, -0.2) is 0 Å². The predicted molar refractivity (Wildman–Crippen MR) is 98.6 cm³/mol. The lowest BCUT2D eigenvalue weighted by molar-refractivity contribution is -0.137. The number of amides is 2. The van der Waals surface area contributed by atoms with Crippen LogP contribution in [-0.2, 0) is 11.0 Å². The van der Waals surface area contributed by atoms with Crippen molar-refractivity contribution in [2.75, 3.05) is 19.6 Å². The Labute approximate surface area is 163 Å². The van der Waals surface area contributed by atoms with Crippen molar-refractivity contribution in [2.24, 2.45) is 11.7 Å². The molecule has 0 saturated carbocycles. The highest BCUT2D eigenvalue weighted by Crippen LogP contribution is 2.29. The van der Waals surface area contributed by atoms with Gasteiger partial charge in [-0.1, -0.05) is 13.8 Å². The van der Waals surface area contributed by atoms with Crippen LogP contribution in [0.1, 0.15) is 36.7 Å². The van der Waals surface area contributed by atoms with Crippen molar-refractivity contribution in [3.8, 4) is 0 Å². The molecule has 0 aromatic heterocycles. The molecule has 0 bridgehead atoms. The molecule has 152 valence electrons. The molecule has 5 nitrogen and oxygen atoms in total. The van der Waals surface area contributed by atoms with E-state index in [2.05, 4.69) is 0 Å². The molecule has 1 heterocycles. The lowest BCUT2D eigenvalue weighted by atomic mass is 10.0. The van der Waals surface area contributed by atoms with Gasteiger partial charge in [-0.05, 0) is 37.1 Å². The third kappa shape index (κ3) is 5.35. The molecule has 2 rings (SSSR count). The normalized spacial score (nSPS) is 18.9. The van der Waals surface area contributed by atoms with Gasteiger partial charge in [0.2, 0.25) is 5.91 Å². The molecule has 1 aromatic carbocycles. The Balaban J connectivity index is 0.00000364. The summed E-state index contributed by atoms with van der Waals surface area (Å²) in [5.74, 6) is -0.468. The minimum Gasteiger partial charge on any atom is -0.338 e. The van der Waals surface area contributed by atoms with E-state index in [1.54, 1.807) is 9.80 Å².